The van der Waals surface area contributed by atoms with Crippen LogP contribution >= 0.6 is 11.6 Å². The zero-order valence-corrected chi connectivity index (χ0v) is 14.4. The Hall–Kier alpha value is -1.91. The smallest absolute Gasteiger partial charge is 0.237 e. The van der Waals surface area contributed by atoms with Gasteiger partial charge in [0.2, 0.25) is 5.91 Å². The summed E-state index contributed by atoms with van der Waals surface area (Å²) in [6.07, 6.45) is 0.765. The Morgan fingerprint density at radius 1 is 1.44 bits per heavy atom. The molecule has 2 saturated heterocycles. The topological polar surface area (TPSA) is 72.3 Å². The van der Waals surface area contributed by atoms with Crippen LogP contribution in [-0.4, -0.2) is 60.2 Å². The fraction of sp³-hybridized carbons (Fsp3) is 0.588. The summed E-state index contributed by atoms with van der Waals surface area (Å²) in [5, 5.41) is 13.0. The Kier molecular flexibility index (Phi) is 4.26. The van der Waals surface area contributed by atoms with Gasteiger partial charge in [-0.25, -0.2) is 9.37 Å². The number of hydrogen-bond acceptors (Lipinski definition) is 5. The molecule has 3 heterocycles. The van der Waals surface area contributed by atoms with Crippen LogP contribution < -0.4 is 10.2 Å². The van der Waals surface area contributed by atoms with Crippen molar-refractivity contribution in [3.8, 4) is 6.07 Å². The van der Waals surface area contributed by atoms with Crippen molar-refractivity contribution in [3.63, 3.8) is 0 Å². The van der Waals surface area contributed by atoms with Gasteiger partial charge in [0, 0.05) is 31.7 Å². The van der Waals surface area contributed by atoms with Crippen LogP contribution in [0.5, 0.6) is 0 Å². The Morgan fingerprint density at radius 3 is 2.88 bits per heavy atom. The van der Waals surface area contributed by atoms with Gasteiger partial charge in [0.1, 0.15) is 18.0 Å². The van der Waals surface area contributed by atoms with E-state index in [0.29, 0.717) is 22.9 Å². The highest BCUT2D eigenvalue weighted by Gasteiger charge is 2.56. The van der Waals surface area contributed by atoms with E-state index in [9.17, 15) is 9.18 Å². The second kappa shape index (κ2) is 6.43. The molecular weight excluding hydrogens is 345 g/mol. The lowest BCUT2D eigenvalue weighted by molar-refractivity contribution is -0.130. The van der Waals surface area contributed by atoms with Gasteiger partial charge in [-0.15, -0.1) is 0 Å². The summed E-state index contributed by atoms with van der Waals surface area (Å²) >= 11 is 6.19. The summed E-state index contributed by atoms with van der Waals surface area (Å²) in [4.78, 5) is 20.1. The van der Waals surface area contributed by atoms with Crippen LogP contribution in [0.1, 0.15) is 6.42 Å². The molecule has 6 nitrogen and oxygen atoms in total. The SMILES string of the molecule is N#C[C@@H]1C[C@H](F)CN1C(=O)CNC1[C@H]2CN(c3ncccc3Cl)C[C@@H]12. The van der Waals surface area contributed by atoms with Crippen molar-refractivity contribution >= 4 is 23.3 Å². The van der Waals surface area contributed by atoms with E-state index < -0.39 is 12.2 Å². The normalized spacial score (nSPS) is 33.2. The summed E-state index contributed by atoms with van der Waals surface area (Å²) in [7, 11) is 0. The number of pyridine rings is 1. The van der Waals surface area contributed by atoms with Gasteiger partial charge in [-0.2, -0.15) is 5.26 Å². The molecule has 1 N–H and O–H groups in total. The van der Waals surface area contributed by atoms with E-state index in [1.165, 1.54) is 4.90 Å². The third-order valence-corrected chi connectivity index (χ3v) is 5.74. The predicted molar refractivity (Wildman–Crippen MR) is 90.9 cm³/mol. The molecule has 1 saturated carbocycles. The minimum absolute atomic E-state index is 0.0300. The van der Waals surface area contributed by atoms with Gasteiger partial charge in [0.25, 0.3) is 0 Å². The monoisotopic (exact) mass is 363 g/mol. The maximum Gasteiger partial charge on any atom is 0.237 e. The Labute approximate surface area is 150 Å². The molecule has 3 aliphatic rings. The number of halogens is 2. The van der Waals surface area contributed by atoms with Gasteiger partial charge in [-0.05, 0) is 24.0 Å². The number of carbonyl (C=O) groups is 1. The van der Waals surface area contributed by atoms with E-state index in [1.807, 2.05) is 18.2 Å². The molecule has 132 valence electrons. The molecule has 0 bridgehead atoms. The quantitative estimate of drug-likeness (QED) is 0.871. The minimum Gasteiger partial charge on any atom is -0.355 e. The Morgan fingerprint density at radius 2 is 2.20 bits per heavy atom. The number of carbonyl (C=O) groups excluding carboxylic acids is 1. The maximum atomic E-state index is 13.4. The van der Waals surface area contributed by atoms with Gasteiger partial charge in [-0.1, -0.05) is 11.6 Å². The number of aromatic nitrogens is 1. The van der Waals surface area contributed by atoms with Crippen molar-refractivity contribution in [2.45, 2.75) is 24.7 Å². The van der Waals surface area contributed by atoms with Gasteiger partial charge in [-0.3, -0.25) is 4.79 Å². The second-order valence-corrected chi connectivity index (χ2v) is 7.38. The number of nitrogens with zero attached hydrogens (tertiary/aromatic N) is 4. The maximum absolute atomic E-state index is 13.4. The Balaban J connectivity index is 1.27. The van der Waals surface area contributed by atoms with Gasteiger partial charge in [0.05, 0.1) is 24.2 Å². The zero-order valence-electron chi connectivity index (χ0n) is 13.6. The number of nitriles is 1. The molecule has 1 aliphatic carbocycles. The van der Waals surface area contributed by atoms with E-state index in [1.54, 1.807) is 6.20 Å². The van der Waals surface area contributed by atoms with Crippen molar-refractivity contribution in [1.82, 2.24) is 15.2 Å². The Bertz CT molecular complexity index is 713. The lowest BCUT2D eigenvalue weighted by Crippen LogP contribution is -2.43. The van der Waals surface area contributed by atoms with Crippen LogP contribution in [-0.2, 0) is 4.79 Å². The molecule has 0 spiro atoms. The highest BCUT2D eigenvalue weighted by Crippen LogP contribution is 2.47. The molecule has 2 aliphatic heterocycles. The fourth-order valence-electron chi connectivity index (χ4n) is 4.10. The molecule has 1 unspecified atom stereocenters. The fourth-order valence-corrected chi connectivity index (χ4v) is 4.34. The lowest BCUT2D eigenvalue weighted by atomic mass is 10.2. The van der Waals surface area contributed by atoms with Crippen molar-refractivity contribution in [3.05, 3.63) is 23.4 Å². The first kappa shape index (κ1) is 16.6. The average molecular weight is 364 g/mol. The second-order valence-electron chi connectivity index (χ2n) is 6.97. The standard InChI is InChI=1S/C17H19ClFN5O/c18-14-2-1-3-21-17(14)23-8-12-13(9-23)16(12)22-6-15(25)24-7-10(19)4-11(24)5-20/h1-3,10-13,16,22H,4,6-9H2/t10-,11-,12-,13+,16?/m0/s1. The van der Waals surface area contributed by atoms with E-state index in [4.69, 9.17) is 16.9 Å². The van der Waals surface area contributed by atoms with E-state index >= 15 is 0 Å². The molecule has 1 aromatic heterocycles. The van der Waals surface area contributed by atoms with Gasteiger partial charge >= 0.3 is 0 Å². The van der Waals surface area contributed by atoms with Gasteiger partial charge in [0.15, 0.2) is 0 Å². The van der Waals surface area contributed by atoms with Crippen LogP contribution in [0.2, 0.25) is 5.02 Å². The summed E-state index contributed by atoms with van der Waals surface area (Å²) in [5.74, 6) is 1.57. The number of amides is 1. The van der Waals surface area contributed by atoms with Crippen LogP contribution in [0.4, 0.5) is 10.2 Å². The van der Waals surface area contributed by atoms with E-state index in [0.717, 1.165) is 18.9 Å². The third-order valence-electron chi connectivity index (χ3n) is 5.44. The first-order chi connectivity index (χ1) is 12.1. The number of piperidine rings is 1. The van der Waals surface area contributed by atoms with Crippen molar-refractivity contribution in [2.24, 2.45) is 11.8 Å². The van der Waals surface area contributed by atoms with Crippen LogP contribution in [0, 0.1) is 23.2 Å². The molecule has 0 radical (unpaired) electrons. The molecule has 1 amide bonds. The summed E-state index contributed by atoms with van der Waals surface area (Å²) in [5.41, 5.74) is 0. The lowest BCUT2D eigenvalue weighted by Gasteiger charge is -2.23. The first-order valence-corrected chi connectivity index (χ1v) is 8.88. The highest BCUT2D eigenvalue weighted by molar-refractivity contribution is 6.32. The minimum atomic E-state index is -1.09. The highest BCUT2D eigenvalue weighted by atomic mass is 35.5. The first-order valence-electron chi connectivity index (χ1n) is 8.50. The number of hydrogen-bond donors (Lipinski definition) is 1. The van der Waals surface area contributed by atoms with Crippen LogP contribution in [0.3, 0.4) is 0 Å². The summed E-state index contributed by atoms with van der Waals surface area (Å²) < 4.78 is 13.4. The third kappa shape index (κ3) is 3.05. The number of nitrogens with one attached hydrogen (secondary N) is 1. The predicted octanol–water partition coefficient (Wildman–Crippen LogP) is 1.22. The van der Waals surface area contributed by atoms with Crippen LogP contribution in [0.15, 0.2) is 18.3 Å². The molecule has 1 aromatic rings. The number of likely N-dealkylation sites (tertiary alicyclic amines) is 1. The van der Waals surface area contributed by atoms with E-state index in [2.05, 4.69) is 15.2 Å². The van der Waals surface area contributed by atoms with Crippen molar-refractivity contribution in [2.75, 3.05) is 31.1 Å². The zero-order chi connectivity index (χ0) is 17.6. The van der Waals surface area contributed by atoms with Crippen molar-refractivity contribution < 1.29 is 9.18 Å². The average Bonchev–Trinajstić information content (AvgIpc) is 2.95. The number of fused-ring (bicyclic) bond motifs is 1. The number of rotatable bonds is 4. The molecule has 8 heteroatoms. The number of alkyl halides is 1. The van der Waals surface area contributed by atoms with Crippen LogP contribution in [0.25, 0.3) is 0 Å². The molecule has 3 fully saturated rings. The molecular formula is C17H19ClFN5O. The van der Waals surface area contributed by atoms with E-state index in [-0.39, 0.29) is 25.4 Å². The molecule has 25 heavy (non-hydrogen) atoms. The molecule has 4 rings (SSSR count). The molecule has 0 aromatic carbocycles. The summed E-state index contributed by atoms with van der Waals surface area (Å²) in [6.45, 7) is 1.92. The summed E-state index contributed by atoms with van der Waals surface area (Å²) in [6, 6.07) is 5.32. The largest absolute Gasteiger partial charge is 0.355 e. The molecule has 5 atom stereocenters. The van der Waals surface area contributed by atoms with Crippen molar-refractivity contribution in [1.29, 1.82) is 5.26 Å². The van der Waals surface area contributed by atoms with Gasteiger partial charge < -0.3 is 15.1 Å². The number of anilines is 1.